The second kappa shape index (κ2) is 43.5. The van der Waals surface area contributed by atoms with E-state index < -0.39 is 36.7 Å². The van der Waals surface area contributed by atoms with Crippen molar-refractivity contribution in [1.29, 1.82) is 2.25 Å². The summed E-state index contributed by atoms with van der Waals surface area (Å²) in [5.74, 6) is 0.212. The first-order chi connectivity index (χ1) is 42.7. The molecule has 0 amide bonds. The van der Waals surface area contributed by atoms with Crippen LogP contribution < -0.4 is 31.0 Å². The minimum Gasteiger partial charge on any atom is -1.00 e. The molecular formula is C64H88Br3NO16P2S2. The number of thiol groups is 2. The van der Waals surface area contributed by atoms with Crippen molar-refractivity contribution in [2.45, 2.75) is 73.3 Å². The van der Waals surface area contributed by atoms with Crippen molar-refractivity contribution < 1.29 is 98.3 Å². The van der Waals surface area contributed by atoms with Gasteiger partial charge >= 0.3 is 17.9 Å². The summed E-state index contributed by atoms with van der Waals surface area (Å²) < 4.78 is 75.6. The van der Waals surface area contributed by atoms with Crippen LogP contribution in [-0.4, -0.2) is 162 Å². The highest BCUT2D eigenvalue weighted by atomic mass is 79.9. The number of hydrogen-bond acceptors (Lipinski definition) is 18. The molecule has 0 fully saturated rings. The van der Waals surface area contributed by atoms with Crippen molar-refractivity contribution in [2.24, 2.45) is 5.41 Å². The third-order valence-corrected chi connectivity index (χ3v) is 17.1. The van der Waals surface area contributed by atoms with Gasteiger partial charge in [0.2, 0.25) is 0 Å². The van der Waals surface area contributed by atoms with Gasteiger partial charge in [0.25, 0.3) is 0 Å². The van der Waals surface area contributed by atoms with Gasteiger partial charge in [-0.1, -0.05) is 140 Å². The van der Waals surface area contributed by atoms with E-state index in [1.165, 1.54) is 0 Å². The fourth-order valence-corrected chi connectivity index (χ4v) is 12.4. The lowest BCUT2D eigenvalue weighted by Crippen LogP contribution is -3.00. The van der Waals surface area contributed by atoms with E-state index in [1.54, 1.807) is 34.6 Å². The Morgan fingerprint density at radius 2 is 0.807 bits per heavy atom. The molecule has 0 saturated heterocycles. The Morgan fingerprint density at radius 3 is 1.19 bits per heavy atom. The summed E-state index contributed by atoms with van der Waals surface area (Å²) in [4.78, 5) is 37.0. The highest BCUT2D eigenvalue weighted by molar-refractivity contribution is 9.10. The lowest BCUT2D eigenvalue weighted by Gasteiger charge is -2.30. The maximum absolute atomic E-state index is 12.8. The van der Waals surface area contributed by atoms with E-state index in [9.17, 15) is 24.6 Å². The van der Waals surface area contributed by atoms with Crippen molar-refractivity contribution in [3.63, 3.8) is 0 Å². The standard InChI is InChI=1S/C38H51BrNO9PS.C26H36BrO7PS.BrH/c1-36(2,29-37(3,39)35(42)48-20-10-19-40-17-8-5-9-18-40)34(41)49-28-26-46-24-22-44-21-23-45-25-27-47-33-15-13-32(14-16-33)38(43,50-30-51)31-11-6-4-7-12-31;1-25(2,27)24(28)34-19-17-32-15-13-30-12-14-31-16-18-33-23-10-8-22(9-11-23)26(29,35-20-36)21-6-4-3-5-7-21;/h4-9,11-18,43,50H,10,19-30H2,1-3H3;3-11,29,35-36H,12-20H2,1-2H3;1H/i/hD2. The molecule has 2 N–H and O–H groups in total. The number of benzene rings is 4. The second-order valence-electron chi connectivity index (χ2n) is 20.8. The average molecular weight is 1500 g/mol. The van der Waals surface area contributed by atoms with Gasteiger partial charge in [-0.2, -0.15) is 25.1 Å². The van der Waals surface area contributed by atoms with Crippen molar-refractivity contribution in [3.05, 3.63) is 162 Å². The van der Waals surface area contributed by atoms with E-state index >= 15 is 0 Å². The summed E-state index contributed by atoms with van der Waals surface area (Å²) >= 11 is 8.66. The molecule has 1 heterocycles. The van der Waals surface area contributed by atoms with E-state index in [0.717, 1.165) is 53.9 Å². The number of aliphatic hydroxyl groups is 2. The molecule has 0 aliphatic heterocycles. The van der Waals surface area contributed by atoms with Gasteiger partial charge in [0, 0.05) is 29.5 Å². The highest BCUT2D eigenvalue weighted by Gasteiger charge is 2.42. The molecule has 5 rings (SSSR count). The molecule has 5 aromatic rings. The quantitative estimate of drug-likeness (QED) is 0.00568. The number of rotatable bonds is 45. The van der Waals surface area contributed by atoms with E-state index in [-0.39, 0.29) is 73.0 Å². The number of ether oxygens (including phenoxy) is 11. The topological polar surface area (TPSA) is 197 Å². The number of halogens is 3. The zero-order valence-corrected chi connectivity index (χ0v) is 59.2. The summed E-state index contributed by atoms with van der Waals surface area (Å²) in [5.41, 5.74) is 3.32. The van der Waals surface area contributed by atoms with E-state index in [1.807, 2.05) is 144 Å². The van der Waals surface area contributed by atoms with Gasteiger partial charge in [0.15, 0.2) is 18.9 Å². The number of hydrogen-bond donors (Lipinski definition) is 4. The minimum atomic E-state index is -1.15. The summed E-state index contributed by atoms with van der Waals surface area (Å²) in [6, 6.07) is 39.7. The highest BCUT2D eigenvalue weighted by Crippen LogP contribution is 2.47. The molecule has 0 spiro atoms. The summed E-state index contributed by atoms with van der Waals surface area (Å²) in [6.45, 7) is 15.3. The van der Waals surface area contributed by atoms with Crippen molar-refractivity contribution in [2.75, 3.05) is 123 Å². The van der Waals surface area contributed by atoms with Crippen molar-refractivity contribution >= 4 is 92.0 Å². The smallest absolute Gasteiger partial charge is 0.322 e. The van der Waals surface area contributed by atoms with Gasteiger partial charge < -0.3 is 79.3 Å². The third kappa shape index (κ3) is 30.0. The normalized spacial score (nSPS) is 14.1. The van der Waals surface area contributed by atoms with Crippen LogP contribution in [0, 0.1) is 5.41 Å². The lowest BCUT2D eigenvalue weighted by atomic mass is 9.83. The Balaban J connectivity index is 0.000000492. The third-order valence-electron chi connectivity index (χ3n) is 12.8. The average Bonchev–Trinajstić information content (AvgIpc) is 1.37. The summed E-state index contributed by atoms with van der Waals surface area (Å²) in [5, 5.41) is 20.7. The van der Waals surface area contributed by atoms with E-state index in [2.05, 4.69) is 31.9 Å². The van der Waals surface area contributed by atoms with Gasteiger partial charge in [-0.25, -0.2) is 4.57 Å². The molecule has 17 nitrogen and oxygen atoms in total. The fraction of sp³-hybridized carbons (Fsp3) is 0.500. The first-order valence-electron chi connectivity index (χ1n) is 29.6. The number of esters is 3. The SMILES string of the molecule is [2H]SCPC(O)(c1ccccc1)c1ccc(OCCOCCOCCOCCOC(=O)C(C)(C)Br)cc1.[2H]SCPC(O)(c1ccccc1)c1ccc(OCCOCCOCCOCCOC(=O)C(C)(C)CC(C)(Br)C(=O)OCCC[n+]2ccccc2)cc1.[Br-]. The van der Waals surface area contributed by atoms with Gasteiger partial charge in [0.05, 0.1) is 91.3 Å². The van der Waals surface area contributed by atoms with Gasteiger partial charge in [0.1, 0.15) is 59.5 Å². The fourth-order valence-electron chi connectivity index (χ4n) is 8.29. The van der Waals surface area contributed by atoms with Crippen LogP contribution in [-0.2, 0) is 74.2 Å². The van der Waals surface area contributed by atoms with Crippen LogP contribution in [0.3, 0.4) is 0 Å². The number of nitrogens with zero attached hydrogens (tertiary/aromatic N) is 1. The first-order valence-corrected chi connectivity index (χ1v) is 33.9. The number of aryl methyl sites for hydroxylation is 1. The summed E-state index contributed by atoms with van der Waals surface area (Å²) in [6.07, 6.45) is 4.80. The Hall–Kier alpha value is -3.28. The Bertz CT molecular complexity index is 2730. The van der Waals surface area contributed by atoms with Crippen LogP contribution in [0.5, 0.6) is 11.5 Å². The maximum atomic E-state index is 12.8. The molecule has 5 unspecified atom stereocenters. The molecule has 0 saturated carbocycles. The summed E-state index contributed by atoms with van der Waals surface area (Å²) in [7, 11) is 0.293. The Morgan fingerprint density at radius 1 is 0.466 bits per heavy atom. The van der Waals surface area contributed by atoms with Crippen molar-refractivity contribution in [3.8, 4) is 11.5 Å². The molecule has 4 aromatic carbocycles. The van der Waals surface area contributed by atoms with E-state index in [0.29, 0.717) is 115 Å². The predicted molar refractivity (Wildman–Crippen MR) is 355 cm³/mol. The molecule has 88 heavy (non-hydrogen) atoms. The van der Waals surface area contributed by atoms with Crippen LogP contribution >= 0.6 is 74.1 Å². The van der Waals surface area contributed by atoms with E-state index in [4.69, 9.17) is 54.4 Å². The Labute approximate surface area is 564 Å². The van der Waals surface area contributed by atoms with Gasteiger partial charge in [-0.3, -0.25) is 14.4 Å². The van der Waals surface area contributed by atoms with Gasteiger partial charge in [-0.05, 0) is 87.6 Å². The van der Waals surface area contributed by atoms with Crippen LogP contribution in [0.1, 0.15) is 69.7 Å². The number of carbonyl (C=O) groups is 3. The first kappa shape index (κ1) is 75.4. The minimum absolute atomic E-state index is 0. The number of alkyl halides is 2. The van der Waals surface area contributed by atoms with Crippen LogP contribution in [0.25, 0.3) is 0 Å². The number of carbonyl (C=O) groups excluding carboxylic acids is 3. The molecule has 5 atom stereocenters. The Kier molecular flexibility index (Phi) is 37.3. The zero-order valence-electron chi connectivity index (χ0n) is 52.8. The van der Waals surface area contributed by atoms with Crippen LogP contribution in [0.2, 0.25) is 0 Å². The molecule has 0 aliphatic rings. The largest absolute Gasteiger partial charge is 1.00 e. The number of pyridine rings is 1. The molecule has 488 valence electrons. The zero-order chi connectivity index (χ0) is 64.7. The molecule has 0 aliphatic carbocycles. The molecule has 1 aromatic heterocycles. The molecule has 24 heteroatoms. The van der Waals surface area contributed by atoms with Crippen LogP contribution in [0.4, 0.5) is 0 Å². The van der Waals surface area contributed by atoms with Crippen LogP contribution in [0.15, 0.2) is 140 Å². The van der Waals surface area contributed by atoms with Gasteiger partial charge in [-0.15, -0.1) is 0 Å². The predicted octanol–water partition coefficient (Wildman–Crippen LogP) is 7.50. The second-order valence-corrected chi connectivity index (χ2v) is 29.0. The molecule has 0 bridgehead atoms. The molecular weight excluding hydrogens is 1400 g/mol. The lowest BCUT2D eigenvalue weighted by molar-refractivity contribution is -0.697. The maximum Gasteiger partial charge on any atom is 0.322 e. The molecule has 0 radical (unpaired) electrons. The monoisotopic (exact) mass is 1490 g/mol. The van der Waals surface area contributed by atoms with Crippen molar-refractivity contribution in [1.82, 2.24) is 0 Å². The number of aromatic nitrogens is 1.